The van der Waals surface area contributed by atoms with Crippen molar-refractivity contribution in [2.75, 3.05) is 0 Å². The number of aliphatic hydroxyl groups is 1. The highest BCUT2D eigenvalue weighted by molar-refractivity contribution is 6.47. The van der Waals surface area contributed by atoms with Crippen LogP contribution in [0.4, 0.5) is 0 Å². The van der Waals surface area contributed by atoms with Crippen molar-refractivity contribution < 1.29 is 28.7 Å². The summed E-state index contributed by atoms with van der Waals surface area (Å²) in [5.74, 6) is -0.753. The van der Waals surface area contributed by atoms with Gasteiger partial charge in [0.2, 0.25) is 5.91 Å². The molecule has 3 saturated carbocycles. The molecule has 2 bridgehead atoms. The van der Waals surface area contributed by atoms with Gasteiger partial charge in [-0.1, -0.05) is 27.7 Å². The van der Waals surface area contributed by atoms with Crippen LogP contribution >= 0.6 is 0 Å². The standard InChI is InChI=1S/C25H44BNO6/c1-14(2)10-20(27-22(30)17(15(3)28)13-21(29)31-23(4,5)6)26-32-19-12-16-11-18(24(16,7)8)25(19,9)33-26/h14-20,28H,10-13H2,1-9H3,(H,27,30)/t15-,16+,17+,18+,19-,20+,25+/m1/s1. The summed E-state index contributed by atoms with van der Waals surface area (Å²) in [5.41, 5.74) is -0.767. The fourth-order valence-corrected chi connectivity index (χ4v) is 6.15. The van der Waals surface area contributed by atoms with Gasteiger partial charge in [-0.15, -0.1) is 0 Å². The molecule has 4 fully saturated rings. The van der Waals surface area contributed by atoms with E-state index in [0.717, 1.165) is 12.8 Å². The van der Waals surface area contributed by atoms with Gasteiger partial charge in [0.15, 0.2) is 0 Å². The van der Waals surface area contributed by atoms with Crippen LogP contribution in [0, 0.1) is 29.1 Å². The number of rotatable bonds is 8. The zero-order valence-corrected chi connectivity index (χ0v) is 21.9. The van der Waals surface area contributed by atoms with E-state index in [1.165, 1.54) is 6.92 Å². The minimum absolute atomic E-state index is 0.0279. The topological polar surface area (TPSA) is 94.1 Å². The van der Waals surface area contributed by atoms with Crippen LogP contribution < -0.4 is 5.32 Å². The summed E-state index contributed by atoms with van der Waals surface area (Å²) in [6.45, 7) is 17.9. The van der Waals surface area contributed by atoms with E-state index < -0.39 is 30.7 Å². The lowest BCUT2D eigenvalue weighted by molar-refractivity contribution is -0.199. The van der Waals surface area contributed by atoms with E-state index in [0.29, 0.717) is 24.2 Å². The van der Waals surface area contributed by atoms with Gasteiger partial charge in [-0.2, -0.15) is 0 Å². The molecule has 0 aromatic rings. The van der Waals surface area contributed by atoms with Gasteiger partial charge in [0.25, 0.3) is 0 Å². The number of hydrogen-bond donors (Lipinski definition) is 2. The summed E-state index contributed by atoms with van der Waals surface area (Å²) in [7, 11) is -0.544. The van der Waals surface area contributed by atoms with Crippen molar-refractivity contribution in [2.24, 2.45) is 29.1 Å². The van der Waals surface area contributed by atoms with Gasteiger partial charge in [-0.3, -0.25) is 9.59 Å². The van der Waals surface area contributed by atoms with Crippen molar-refractivity contribution in [1.29, 1.82) is 0 Å². The van der Waals surface area contributed by atoms with E-state index in [-0.39, 0.29) is 35.4 Å². The van der Waals surface area contributed by atoms with Gasteiger partial charge < -0.3 is 24.5 Å². The molecule has 0 aromatic carbocycles. The number of carbonyl (C=O) groups is 2. The van der Waals surface area contributed by atoms with Crippen LogP contribution in [0.1, 0.15) is 88.0 Å². The molecular formula is C25H44BNO6. The predicted molar refractivity (Wildman–Crippen MR) is 127 cm³/mol. The Morgan fingerprint density at radius 2 is 1.82 bits per heavy atom. The van der Waals surface area contributed by atoms with Crippen LogP contribution in [-0.4, -0.2) is 53.5 Å². The van der Waals surface area contributed by atoms with Crippen molar-refractivity contribution in [2.45, 2.75) is 117 Å². The Hall–Kier alpha value is -1.12. The first-order chi connectivity index (χ1) is 15.0. The van der Waals surface area contributed by atoms with Crippen LogP contribution in [0.15, 0.2) is 0 Å². The van der Waals surface area contributed by atoms with Crippen molar-refractivity contribution in [3.8, 4) is 0 Å². The number of hydrogen-bond acceptors (Lipinski definition) is 6. The zero-order chi connectivity index (χ0) is 24.9. The molecule has 7 nitrogen and oxygen atoms in total. The number of nitrogens with one attached hydrogen (secondary N) is 1. The second kappa shape index (κ2) is 9.16. The van der Waals surface area contributed by atoms with Crippen LogP contribution in [0.2, 0.25) is 0 Å². The van der Waals surface area contributed by atoms with Gasteiger partial charge in [0.1, 0.15) is 5.60 Å². The highest BCUT2D eigenvalue weighted by Gasteiger charge is 2.68. The normalized spacial score (nSPS) is 33.1. The molecule has 7 atom stereocenters. The van der Waals surface area contributed by atoms with Crippen molar-refractivity contribution >= 4 is 19.0 Å². The first kappa shape index (κ1) is 26.5. The molecule has 4 rings (SSSR count). The minimum atomic E-state index is -0.990. The highest BCUT2D eigenvalue weighted by Crippen LogP contribution is 2.65. The summed E-state index contributed by atoms with van der Waals surface area (Å²) in [6.07, 6.45) is 1.68. The monoisotopic (exact) mass is 465 g/mol. The molecule has 1 aliphatic heterocycles. The summed E-state index contributed by atoms with van der Waals surface area (Å²) in [5, 5.41) is 13.3. The number of amides is 1. The van der Waals surface area contributed by atoms with E-state index in [1.807, 2.05) is 0 Å². The molecule has 1 heterocycles. The Kier molecular flexibility index (Phi) is 7.35. The summed E-state index contributed by atoms with van der Waals surface area (Å²) < 4.78 is 18.4. The molecule has 1 amide bonds. The molecule has 3 aliphatic carbocycles. The molecule has 0 radical (unpaired) electrons. The molecule has 188 valence electrons. The number of carbonyl (C=O) groups excluding carboxylic acids is 2. The smallest absolute Gasteiger partial charge is 0.460 e. The van der Waals surface area contributed by atoms with Crippen LogP contribution in [0.25, 0.3) is 0 Å². The summed E-state index contributed by atoms with van der Waals surface area (Å²) in [4.78, 5) is 25.6. The average molecular weight is 465 g/mol. The Morgan fingerprint density at radius 1 is 1.18 bits per heavy atom. The quantitative estimate of drug-likeness (QED) is 0.421. The van der Waals surface area contributed by atoms with Crippen molar-refractivity contribution in [3.63, 3.8) is 0 Å². The Balaban J connectivity index is 1.71. The lowest BCUT2D eigenvalue weighted by atomic mass is 9.43. The van der Waals surface area contributed by atoms with E-state index in [9.17, 15) is 14.7 Å². The molecule has 0 aromatic heterocycles. The van der Waals surface area contributed by atoms with Gasteiger partial charge in [0, 0.05) is 0 Å². The first-order valence-corrected chi connectivity index (χ1v) is 12.6. The maximum Gasteiger partial charge on any atom is 0.481 e. The van der Waals surface area contributed by atoms with E-state index in [1.54, 1.807) is 20.8 Å². The third-order valence-electron chi connectivity index (χ3n) is 8.08. The third kappa shape index (κ3) is 5.43. The van der Waals surface area contributed by atoms with Gasteiger partial charge >= 0.3 is 13.1 Å². The van der Waals surface area contributed by atoms with E-state index in [4.69, 9.17) is 14.0 Å². The predicted octanol–water partition coefficient (Wildman–Crippen LogP) is 3.51. The maximum absolute atomic E-state index is 13.2. The SMILES string of the molecule is CC(C)C[C@H](NC(=O)[C@@H](CC(=O)OC(C)(C)C)[C@@H](C)O)B1O[C@@H]2C[C@@H]3C[C@@H](C3(C)C)[C@]2(C)O1. The second-order valence-corrected chi connectivity index (χ2v) is 12.7. The van der Waals surface area contributed by atoms with Crippen molar-refractivity contribution in [1.82, 2.24) is 5.32 Å². The molecule has 2 N–H and O–H groups in total. The fourth-order valence-electron chi connectivity index (χ4n) is 6.15. The van der Waals surface area contributed by atoms with Gasteiger partial charge in [-0.05, 0) is 77.0 Å². The molecule has 4 aliphatic rings. The minimum Gasteiger partial charge on any atom is -0.460 e. The fraction of sp³-hybridized carbons (Fsp3) is 0.920. The van der Waals surface area contributed by atoms with Crippen LogP contribution in [-0.2, 0) is 23.6 Å². The zero-order valence-electron chi connectivity index (χ0n) is 21.9. The van der Waals surface area contributed by atoms with E-state index in [2.05, 4.69) is 39.9 Å². The molecule has 1 saturated heterocycles. The average Bonchev–Trinajstić information content (AvgIpc) is 3.00. The van der Waals surface area contributed by atoms with E-state index >= 15 is 0 Å². The lowest BCUT2D eigenvalue weighted by Gasteiger charge is -2.64. The maximum atomic E-state index is 13.2. The van der Waals surface area contributed by atoms with Gasteiger partial charge in [-0.25, -0.2) is 0 Å². The summed E-state index contributed by atoms with van der Waals surface area (Å²) in [6, 6.07) is 0. The Labute approximate surface area is 199 Å². The Morgan fingerprint density at radius 3 is 2.33 bits per heavy atom. The first-order valence-electron chi connectivity index (χ1n) is 12.6. The van der Waals surface area contributed by atoms with Crippen LogP contribution in [0.3, 0.4) is 0 Å². The summed E-state index contributed by atoms with van der Waals surface area (Å²) >= 11 is 0. The number of ether oxygens (including phenoxy) is 1. The molecule has 33 heavy (non-hydrogen) atoms. The second-order valence-electron chi connectivity index (χ2n) is 12.7. The molecule has 0 unspecified atom stereocenters. The molecule has 8 heteroatoms. The number of esters is 1. The lowest BCUT2D eigenvalue weighted by Crippen LogP contribution is -2.65. The van der Waals surface area contributed by atoms with Crippen LogP contribution in [0.5, 0.6) is 0 Å². The Bertz CT molecular complexity index is 748. The molecule has 0 spiro atoms. The van der Waals surface area contributed by atoms with Crippen molar-refractivity contribution in [3.05, 3.63) is 0 Å². The van der Waals surface area contributed by atoms with Gasteiger partial charge in [0.05, 0.1) is 36.1 Å². The number of aliphatic hydroxyl groups excluding tert-OH is 1. The largest absolute Gasteiger partial charge is 0.481 e. The third-order valence-corrected chi connectivity index (χ3v) is 8.08. The molecular weight excluding hydrogens is 421 g/mol. The highest BCUT2D eigenvalue weighted by atomic mass is 16.7.